The molecule has 3 aromatic rings. The van der Waals surface area contributed by atoms with Gasteiger partial charge in [0.15, 0.2) is 5.82 Å². The van der Waals surface area contributed by atoms with E-state index in [0.717, 1.165) is 10.7 Å². The summed E-state index contributed by atoms with van der Waals surface area (Å²) in [6, 6.07) is 7.21. The van der Waals surface area contributed by atoms with Gasteiger partial charge in [-0.25, -0.2) is 23.1 Å². The first-order chi connectivity index (χ1) is 12.5. The third-order valence-electron chi connectivity index (χ3n) is 4.25. The van der Waals surface area contributed by atoms with Crippen molar-refractivity contribution in [2.24, 2.45) is 0 Å². The fourth-order valence-electron chi connectivity index (χ4n) is 2.88. The van der Waals surface area contributed by atoms with E-state index in [9.17, 15) is 8.42 Å². The van der Waals surface area contributed by atoms with Crippen molar-refractivity contribution in [2.75, 3.05) is 31.1 Å². The molecule has 4 heterocycles. The number of nitrogens with zero attached hydrogens (tertiary/aromatic N) is 6. The number of sulfonamides is 1. The molecule has 8 nitrogen and oxygen atoms in total. The summed E-state index contributed by atoms with van der Waals surface area (Å²) in [4.78, 5) is 11.6. The number of rotatable bonds is 4. The van der Waals surface area contributed by atoms with Crippen molar-refractivity contribution in [3.05, 3.63) is 47.9 Å². The quantitative estimate of drug-likeness (QED) is 0.672. The summed E-state index contributed by atoms with van der Waals surface area (Å²) < 4.78 is 29.1. The molecule has 1 aliphatic rings. The number of piperazine rings is 1. The third kappa shape index (κ3) is 3.22. The van der Waals surface area contributed by atoms with Gasteiger partial charge in [0.05, 0.1) is 0 Å². The molecule has 136 valence electrons. The highest BCUT2D eigenvalue weighted by molar-refractivity contribution is 7.91. The molecule has 0 amide bonds. The number of anilines is 1. The molecule has 0 saturated carbocycles. The summed E-state index contributed by atoms with van der Waals surface area (Å²) in [6.45, 7) is 3.94. The van der Waals surface area contributed by atoms with Crippen LogP contribution in [0.2, 0.25) is 0 Å². The van der Waals surface area contributed by atoms with Gasteiger partial charge in [0.25, 0.3) is 10.0 Å². The molecule has 0 bridgehead atoms. The lowest BCUT2D eigenvalue weighted by Crippen LogP contribution is -2.48. The van der Waals surface area contributed by atoms with Crippen molar-refractivity contribution in [2.45, 2.75) is 11.1 Å². The molecule has 0 N–H and O–H groups in total. The fraction of sp³-hybridized carbons (Fsp3) is 0.312. The van der Waals surface area contributed by atoms with E-state index < -0.39 is 10.0 Å². The molecule has 4 rings (SSSR count). The molecule has 1 fully saturated rings. The van der Waals surface area contributed by atoms with E-state index in [2.05, 4.69) is 20.0 Å². The monoisotopic (exact) mass is 390 g/mol. The van der Waals surface area contributed by atoms with Crippen LogP contribution in [0.1, 0.15) is 4.88 Å². The van der Waals surface area contributed by atoms with Crippen LogP contribution >= 0.6 is 11.3 Å². The van der Waals surface area contributed by atoms with Crippen LogP contribution < -0.4 is 4.90 Å². The van der Waals surface area contributed by atoms with E-state index in [4.69, 9.17) is 0 Å². The molecule has 0 aliphatic carbocycles. The first-order valence-electron chi connectivity index (χ1n) is 8.18. The Morgan fingerprint density at radius 2 is 1.85 bits per heavy atom. The molecule has 3 aromatic heterocycles. The molecule has 0 spiro atoms. The summed E-state index contributed by atoms with van der Waals surface area (Å²) in [7, 11) is -3.41. The Morgan fingerprint density at radius 3 is 2.50 bits per heavy atom. The molecule has 10 heteroatoms. The maximum absolute atomic E-state index is 12.7. The van der Waals surface area contributed by atoms with Gasteiger partial charge < -0.3 is 4.90 Å². The molecule has 1 saturated heterocycles. The van der Waals surface area contributed by atoms with E-state index >= 15 is 0 Å². The number of hydrogen-bond acceptors (Lipinski definition) is 7. The van der Waals surface area contributed by atoms with E-state index in [1.54, 1.807) is 21.3 Å². The van der Waals surface area contributed by atoms with Crippen molar-refractivity contribution < 1.29 is 8.42 Å². The number of aromatic nitrogens is 4. The molecular formula is C16H18N6O2S2. The normalized spacial score (nSPS) is 16.1. The lowest BCUT2D eigenvalue weighted by molar-refractivity contribution is 0.384. The second-order valence-electron chi connectivity index (χ2n) is 5.94. The van der Waals surface area contributed by atoms with E-state index in [-0.39, 0.29) is 0 Å². The van der Waals surface area contributed by atoms with Gasteiger partial charge in [-0.1, -0.05) is 0 Å². The molecule has 26 heavy (non-hydrogen) atoms. The van der Waals surface area contributed by atoms with Crippen molar-refractivity contribution in [1.29, 1.82) is 0 Å². The van der Waals surface area contributed by atoms with Crippen LogP contribution in [0.5, 0.6) is 0 Å². The minimum atomic E-state index is -3.41. The highest BCUT2D eigenvalue weighted by Gasteiger charge is 2.30. The predicted molar refractivity (Wildman–Crippen MR) is 99.2 cm³/mol. The van der Waals surface area contributed by atoms with Crippen LogP contribution in [0, 0.1) is 6.92 Å². The largest absolute Gasteiger partial charge is 0.354 e. The Balaban J connectivity index is 1.48. The Kier molecular flexibility index (Phi) is 4.47. The van der Waals surface area contributed by atoms with Crippen molar-refractivity contribution in [3.8, 4) is 5.82 Å². The second kappa shape index (κ2) is 6.78. The van der Waals surface area contributed by atoms with E-state index in [1.165, 1.54) is 17.7 Å². The van der Waals surface area contributed by atoms with E-state index in [0.29, 0.717) is 36.2 Å². The summed E-state index contributed by atoms with van der Waals surface area (Å²) in [5, 5.41) is 4.17. The van der Waals surface area contributed by atoms with Gasteiger partial charge in [-0.15, -0.1) is 11.3 Å². The van der Waals surface area contributed by atoms with Crippen LogP contribution in [0.4, 0.5) is 5.82 Å². The summed E-state index contributed by atoms with van der Waals surface area (Å²) in [5.74, 6) is 1.46. The van der Waals surface area contributed by atoms with Gasteiger partial charge in [0.2, 0.25) is 0 Å². The van der Waals surface area contributed by atoms with Crippen LogP contribution in [-0.4, -0.2) is 58.7 Å². The lowest BCUT2D eigenvalue weighted by atomic mass is 10.3. The topological polar surface area (TPSA) is 84.2 Å². The molecule has 1 aliphatic heterocycles. The smallest absolute Gasteiger partial charge is 0.252 e. The minimum Gasteiger partial charge on any atom is -0.354 e. The van der Waals surface area contributed by atoms with Crippen molar-refractivity contribution in [1.82, 2.24) is 24.1 Å². The average molecular weight is 390 g/mol. The zero-order chi connectivity index (χ0) is 18.1. The van der Waals surface area contributed by atoms with Crippen LogP contribution in [-0.2, 0) is 10.0 Å². The van der Waals surface area contributed by atoms with Gasteiger partial charge in [0, 0.05) is 49.5 Å². The predicted octanol–water partition coefficient (Wildman–Crippen LogP) is 1.54. The summed E-state index contributed by atoms with van der Waals surface area (Å²) in [6.07, 6.45) is 5.02. The van der Waals surface area contributed by atoms with Crippen molar-refractivity contribution >= 4 is 27.2 Å². The van der Waals surface area contributed by atoms with E-state index in [1.807, 2.05) is 31.3 Å². The third-order valence-corrected chi connectivity index (χ3v) is 7.62. The van der Waals surface area contributed by atoms with Gasteiger partial charge in [-0.3, -0.25) is 0 Å². The number of aryl methyl sites for hydroxylation is 1. The molecular weight excluding hydrogens is 372 g/mol. The summed E-state index contributed by atoms with van der Waals surface area (Å²) >= 11 is 1.31. The van der Waals surface area contributed by atoms with Gasteiger partial charge in [0.1, 0.15) is 16.4 Å². The highest BCUT2D eigenvalue weighted by Crippen LogP contribution is 2.26. The highest BCUT2D eigenvalue weighted by atomic mass is 32.2. The Labute approximate surface area is 155 Å². The molecule has 0 unspecified atom stereocenters. The number of thiophene rings is 1. The first-order valence-corrected chi connectivity index (χ1v) is 10.4. The minimum absolute atomic E-state index is 0.409. The zero-order valence-corrected chi connectivity index (χ0v) is 15.8. The van der Waals surface area contributed by atoms with Crippen LogP contribution in [0.3, 0.4) is 0 Å². The van der Waals surface area contributed by atoms with Crippen LogP contribution in [0.15, 0.2) is 47.2 Å². The molecule has 0 radical (unpaired) electrons. The van der Waals surface area contributed by atoms with Crippen molar-refractivity contribution in [3.63, 3.8) is 0 Å². The average Bonchev–Trinajstić information content (AvgIpc) is 3.34. The van der Waals surface area contributed by atoms with Gasteiger partial charge in [-0.2, -0.15) is 9.40 Å². The molecule has 0 aromatic carbocycles. The maximum Gasteiger partial charge on any atom is 0.252 e. The Bertz CT molecular complexity index is 991. The van der Waals surface area contributed by atoms with Gasteiger partial charge in [-0.05, 0) is 25.1 Å². The number of hydrogen-bond donors (Lipinski definition) is 0. The fourth-order valence-corrected chi connectivity index (χ4v) is 5.74. The first kappa shape index (κ1) is 17.1. The Hall–Kier alpha value is -2.30. The standard InChI is InChI=1S/C16H18N6O2S2/c1-13-3-4-16(25-13)26(23,24)21-9-7-20(8-10-21)14-11-15(18-12-17-14)22-6-2-5-19-22/h2-6,11-12H,7-10H2,1H3. The molecule has 0 atom stereocenters. The zero-order valence-electron chi connectivity index (χ0n) is 14.2. The second-order valence-corrected chi connectivity index (χ2v) is 9.39. The lowest BCUT2D eigenvalue weighted by Gasteiger charge is -2.34. The van der Waals surface area contributed by atoms with Gasteiger partial charge >= 0.3 is 0 Å². The van der Waals surface area contributed by atoms with Crippen LogP contribution in [0.25, 0.3) is 5.82 Å². The Morgan fingerprint density at radius 1 is 1.08 bits per heavy atom. The summed E-state index contributed by atoms with van der Waals surface area (Å²) in [5.41, 5.74) is 0. The SMILES string of the molecule is Cc1ccc(S(=O)(=O)N2CCN(c3cc(-n4cccn4)ncn3)CC2)s1. The maximum atomic E-state index is 12.7.